The summed E-state index contributed by atoms with van der Waals surface area (Å²) < 4.78 is 36.8. The highest BCUT2D eigenvalue weighted by Crippen LogP contribution is 2.35. The molecule has 52 heavy (non-hydrogen) atoms. The zero-order valence-corrected chi connectivity index (χ0v) is 29.1. The van der Waals surface area contributed by atoms with Crippen molar-refractivity contribution in [2.75, 3.05) is 37.7 Å². The molecule has 4 heterocycles. The zero-order chi connectivity index (χ0) is 36.6. The molecular formula is C36H40F2N10O4. The molecule has 3 atom stereocenters. The number of hydrogen-bond acceptors (Lipinski definition) is 11. The second-order valence-electron chi connectivity index (χ2n) is 13.5. The number of aliphatic hydroxyl groups is 1. The van der Waals surface area contributed by atoms with Crippen LogP contribution in [-0.2, 0) is 16.9 Å². The molecule has 3 aliphatic heterocycles. The third-order valence-corrected chi connectivity index (χ3v) is 9.97. The Balaban J connectivity index is 1.05. The van der Waals surface area contributed by atoms with E-state index in [0.29, 0.717) is 30.2 Å². The maximum atomic E-state index is 15.5. The maximum Gasteiger partial charge on any atom is 0.328 e. The number of nitrogens with one attached hydrogen (secondary N) is 1. The molecule has 2 saturated heterocycles. The summed E-state index contributed by atoms with van der Waals surface area (Å²) in [7, 11) is 0. The Morgan fingerprint density at radius 3 is 2.50 bits per heavy atom. The molecule has 0 unspecified atom stereocenters. The van der Waals surface area contributed by atoms with Crippen LogP contribution < -0.4 is 15.0 Å². The van der Waals surface area contributed by atoms with Crippen molar-refractivity contribution in [3.05, 3.63) is 94.8 Å². The Morgan fingerprint density at radius 1 is 1.08 bits per heavy atom. The first-order valence-corrected chi connectivity index (χ1v) is 17.2. The van der Waals surface area contributed by atoms with Gasteiger partial charge in [0.25, 0.3) is 0 Å². The van der Waals surface area contributed by atoms with Gasteiger partial charge in [0.1, 0.15) is 48.4 Å². The van der Waals surface area contributed by atoms with E-state index >= 15 is 4.39 Å². The van der Waals surface area contributed by atoms with Gasteiger partial charge in [-0.05, 0) is 97.6 Å². The molecule has 0 aliphatic carbocycles. The summed E-state index contributed by atoms with van der Waals surface area (Å²) in [5.74, 6) is -1.43. The summed E-state index contributed by atoms with van der Waals surface area (Å²) >= 11 is 0. The molecule has 7 rings (SSSR count). The van der Waals surface area contributed by atoms with Crippen molar-refractivity contribution in [3.63, 3.8) is 0 Å². The number of tetrazole rings is 1. The van der Waals surface area contributed by atoms with E-state index in [4.69, 9.17) is 4.74 Å². The number of ether oxygens (including phenoxy) is 1. The van der Waals surface area contributed by atoms with Crippen LogP contribution in [0.3, 0.4) is 0 Å². The van der Waals surface area contributed by atoms with Crippen LogP contribution in [0.1, 0.15) is 42.0 Å². The monoisotopic (exact) mass is 714 g/mol. The number of benzene rings is 3. The number of nitrogens with zero attached hydrogens (tertiary/aromatic N) is 9. The Kier molecular flexibility index (Phi) is 9.59. The van der Waals surface area contributed by atoms with Crippen LogP contribution in [-0.4, -0.2) is 103 Å². The van der Waals surface area contributed by atoms with Gasteiger partial charge in [-0.3, -0.25) is 9.91 Å². The number of aromatic nitrogens is 4. The molecule has 1 aromatic heterocycles. The number of β-amino-alcohol motifs (C(OH)–C–C–N with tert-alkyl or cyclic N) is 1. The number of rotatable bonds is 11. The van der Waals surface area contributed by atoms with E-state index in [0.717, 1.165) is 48.2 Å². The number of carbonyl (C=O) groups is 2. The number of esters is 1. The summed E-state index contributed by atoms with van der Waals surface area (Å²) in [5.41, 5.74) is 1.85. The van der Waals surface area contributed by atoms with E-state index in [2.05, 4.69) is 25.9 Å². The molecule has 2 fully saturated rings. The van der Waals surface area contributed by atoms with Crippen LogP contribution in [0.15, 0.2) is 66.0 Å². The lowest BCUT2D eigenvalue weighted by Crippen LogP contribution is -2.55. The zero-order valence-electron chi connectivity index (χ0n) is 29.1. The number of amides is 2. The molecule has 14 nitrogen and oxygen atoms in total. The molecule has 3 aromatic carbocycles. The predicted octanol–water partition coefficient (Wildman–Crippen LogP) is 3.45. The molecule has 0 bridgehead atoms. The lowest BCUT2D eigenvalue weighted by Gasteiger charge is -2.41. The van der Waals surface area contributed by atoms with Crippen LogP contribution >= 0.6 is 0 Å². The highest BCUT2D eigenvalue weighted by Gasteiger charge is 2.47. The highest BCUT2D eigenvalue weighted by molar-refractivity contribution is 5.94. The van der Waals surface area contributed by atoms with Gasteiger partial charge < -0.3 is 25.0 Å². The van der Waals surface area contributed by atoms with Gasteiger partial charge in [0.05, 0.1) is 18.3 Å². The summed E-state index contributed by atoms with van der Waals surface area (Å²) in [6.07, 6.45) is 4.80. The lowest BCUT2D eigenvalue weighted by molar-refractivity contribution is -0.136. The Hall–Kier alpha value is -5.48. The van der Waals surface area contributed by atoms with E-state index in [1.54, 1.807) is 47.4 Å². The van der Waals surface area contributed by atoms with E-state index in [-0.39, 0.29) is 43.4 Å². The summed E-state index contributed by atoms with van der Waals surface area (Å²) in [5, 5.41) is 32.9. The summed E-state index contributed by atoms with van der Waals surface area (Å²) in [6.45, 7) is 7.39. The molecule has 0 saturated carbocycles. The van der Waals surface area contributed by atoms with Crippen molar-refractivity contribution in [3.8, 4) is 11.4 Å². The predicted molar refractivity (Wildman–Crippen MR) is 187 cm³/mol. The second-order valence-corrected chi connectivity index (χ2v) is 13.5. The minimum Gasteiger partial charge on any atom is -0.425 e. The summed E-state index contributed by atoms with van der Waals surface area (Å²) in [6, 6.07) is 12.5. The molecule has 0 radical (unpaired) electrons. The smallest absolute Gasteiger partial charge is 0.328 e. The number of hydrogen-bond donors (Lipinski definition) is 2. The normalized spacial score (nSPS) is 19.1. The van der Waals surface area contributed by atoms with Gasteiger partial charge in [0.2, 0.25) is 0 Å². The van der Waals surface area contributed by atoms with Gasteiger partial charge in [0.15, 0.2) is 0 Å². The minimum absolute atomic E-state index is 0.142. The Morgan fingerprint density at radius 2 is 1.83 bits per heavy atom. The third-order valence-electron chi connectivity index (χ3n) is 9.97. The first kappa shape index (κ1) is 34.9. The quantitative estimate of drug-likeness (QED) is 0.175. The van der Waals surface area contributed by atoms with Crippen molar-refractivity contribution in [1.29, 1.82) is 0 Å². The van der Waals surface area contributed by atoms with Gasteiger partial charge >= 0.3 is 12.0 Å². The number of halogens is 2. The fourth-order valence-electron chi connectivity index (χ4n) is 7.23. The molecule has 16 heteroatoms. The van der Waals surface area contributed by atoms with E-state index < -0.39 is 23.3 Å². The first-order valence-electron chi connectivity index (χ1n) is 17.2. The van der Waals surface area contributed by atoms with Crippen molar-refractivity contribution < 1.29 is 28.2 Å². The van der Waals surface area contributed by atoms with Gasteiger partial charge in [-0.15, -0.1) is 5.10 Å². The van der Waals surface area contributed by atoms with Crippen molar-refractivity contribution >= 4 is 24.0 Å². The van der Waals surface area contributed by atoms with Crippen LogP contribution in [0.2, 0.25) is 0 Å². The average Bonchev–Trinajstić information content (AvgIpc) is 3.95. The number of anilines is 1. The van der Waals surface area contributed by atoms with Crippen LogP contribution in [0.25, 0.3) is 5.69 Å². The largest absolute Gasteiger partial charge is 0.425 e. The standard InChI is InChI=1S/C36H40F2N10O4/c1-23-15-26(16-24(2)33(23)52-34(49)32-5-4-12-39-32)18-44-21-41-45(22-44)19-36(51,30-11-6-27(37)17-31(30)38)25(3)46-13-14-47(35(46)50)28-7-9-29(10-8-28)48-20-40-42-43-48/h6-11,15-17,20-21,25,32,39,51H,4-5,12-14,18-19,22H2,1-3H3/t25-,32+,36-/m1/s1. The SMILES string of the molecule is Cc1cc(CN2C=NN(C[C@](O)(c3ccc(F)cc3F)[C@@H](C)N3CCN(c4ccc(-n5cnnn5)cc4)C3=O)C2)cc(C)c1OC(=O)[C@@H]1CCCN1. The highest BCUT2D eigenvalue weighted by atomic mass is 19.1. The molecule has 272 valence electrons. The van der Waals surface area contributed by atoms with Crippen LogP contribution in [0.4, 0.5) is 19.3 Å². The van der Waals surface area contributed by atoms with Gasteiger partial charge in [-0.25, -0.2) is 23.1 Å². The number of carbonyl (C=O) groups excluding carboxylic acids is 2. The summed E-state index contributed by atoms with van der Waals surface area (Å²) in [4.78, 5) is 31.5. The molecule has 3 aliphatic rings. The molecule has 4 aromatic rings. The Bertz CT molecular complexity index is 1950. The van der Waals surface area contributed by atoms with Gasteiger partial charge in [-0.2, -0.15) is 5.10 Å². The molecule has 2 N–H and O–H groups in total. The molecular weight excluding hydrogens is 674 g/mol. The minimum atomic E-state index is -1.98. The van der Waals surface area contributed by atoms with E-state index in [9.17, 15) is 19.1 Å². The van der Waals surface area contributed by atoms with Crippen LogP contribution in [0.5, 0.6) is 5.75 Å². The van der Waals surface area contributed by atoms with E-state index in [1.807, 2.05) is 30.9 Å². The Labute approximate surface area is 299 Å². The number of hydrazone groups is 1. The van der Waals surface area contributed by atoms with Crippen molar-refractivity contribution in [1.82, 2.24) is 40.3 Å². The van der Waals surface area contributed by atoms with Crippen LogP contribution in [0, 0.1) is 25.5 Å². The molecule has 0 spiro atoms. The van der Waals surface area contributed by atoms with Gasteiger partial charge in [-0.1, -0.05) is 18.2 Å². The van der Waals surface area contributed by atoms with Crippen molar-refractivity contribution in [2.24, 2.45) is 5.10 Å². The third kappa shape index (κ3) is 6.90. The molecule has 2 amide bonds. The second kappa shape index (κ2) is 14.3. The lowest BCUT2D eigenvalue weighted by atomic mass is 9.85. The van der Waals surface area contributed by atoms with Crippen molar-refractivity contribution in [2.45, 2.75) is 57.8 Å². The van der Waals surface area contributed by atoms with Gasteiger partial charge in [0, 0.05) is 37.0 Å². The fourth-order valence-corrected chi connectivity index (χ4v) is 7.23. The van der Waals surface area contributed by atoms with E-state index in [1.165, 1.54) is 22.0 Å². The topological polar surface area (TPSA) is 145 Å². The number of urea groups is 1. The maximum absolute atomic E-state index is 15.5. The fraction of sp³-hybridized carbons (Fsp3) is 0.389. The first-order chi connectivity index (χ1) is 25.0. The number of aryl methyl sites for hydroxylation is 2. The average molecular weight is 715 g/mol.